The summed E-state index contributed by atoms with van der Waals surface area (Å²) in [5, 5.41) is 29.6. The minimum Gasteiger partial charge on any atom is -0.508 e. The van der Waals surface area contributed by atoms with E-state index in [0.717, 1.165) is 17.5 Å². The first-order valence-corrected chi connectivity index (χ1v) is 8.78. The Labute approximate surface area is 150 Å². The molecule has 1 saturated carbocycles. The predicted molar refractivity (Wildman–Crippen MR) is 93.5 cm³/mol. The number of aromatic hydroxyl groups is 2. The van der Waals surface area contributed by atoms with Gasteiger partial charge in [-0.1, -0.05) is 24.3 Å². The molecule has 5 rings (SSSR count). The van der Waals surface area contributed by atoms with Gasteiger partial charge < -0.3 is 20.1 Å². The number of carboxylic acid groups (broad SMARTS) is 1. The number of carbonyl (C=O) groups is 1. The summed E-state index contributed by atoms with van der Waals surface area (Å²) in [6.07, 6.45) is 5.04. The van der Waals surface area contributed by atoms with Gasteiger partial charge in [0.2, 0.25) is 0 Å². The molecule has 0 radical (unpaired) electrons. The molecule has 5 heteroatoms. The molecule has 4 unspecified atom stereocenters. The van der Waals surface area contributed by atoms with Crippen molar-refractivity contribution >= 4 is 5.97 Å². The molecular formula is C21H18O5. The van der Waals surface area contributed by atoms with Gasteiger partial charge in [-0.05, 0) is 36.3 Å². The van der Waals surface area contributed by atoms with Crippen LogP contribution in [-0.4, -0.2) is 21.3 Å². The maximum atomic E-state index is 12.0. The van der Waals surface area contributed by atoms with E-state index in [4.69, 9.17) is 4.74 Å². The molecule has 132 valence electrons. The average Bonchev–Trinajstić information content (AvgIpc) is 3.20. The predicted octanol–water partition coefficient (Wildman–Crippen LogP) is 3.86. The highest BCUT2D eigenvalue weighted by Gasteiger charge is 2.53. The Bertz CT molecular complexity index is 896. The highest BCUT2D eigenvalue weighted by atomic mass is 16.5. The van der Waals surface area contributed by atoms with Gasteiger partial charge in [-0.2, -0.15) is 0 Å². The van der Waals surface area contributed by atoms with Crippen LogP contribution in [0.1, 0.15) is 23.5 Å². The highest BCUT2D eigenvalue weighted by Crippen LogP contribution is 2.59. The molecule has 2 aromatic carbocycles. The van der Waals surface area contributed by atoms with Crippen molar-refractivity contribution in [2.24, 2.45) is 23.7 Å². The molecule has 3 aliphatic rings. The molecule has 1 heterocycles. The Hall–Kier alpha value is -2.95. The maximum Gasteiger partial charge on any atom is 0.307 e. The molecule has 0 amide bonds. The summed E-state index contributed by atoms with van der Waals surface area (Å²) in [4.78, 5) is 12.0. The second-order valence-corrected chi connectivity index (χ2v) is 7.41. The minimum absolute atomic E-state index is 0.0616. The number of hydrogen-bond acceptors (Lipinski definition) is 4. The smallest absolute Gasteiger partial charge is 0.307 e. The number of rotatable bonds is 2. The van der Waals surface area contributed by atoms with Crippen LogP contribution in [0.4, 0.5) is 0 Å². The van der Waals surface area contributed by atoms with Gasteiger partial charge >= 0.3 is 5.97 Å². The maximum absolute atomic E-state index is 12.0. The largest absolute Gasteiger partial charge is 0.508 e. The third kappa shape index (κ3) is 2.06. The van der Waals surface area contributed by atoms with Gasteiger partial charge in [0.25, 0.3) is 0 Å². The number of hydrogen-bond donors (Lipinski definition) is 3. The van der Waals surface area contributed by atoms with Crippen molar-refractivity contribution in [1.29, 1.82) is 0 Å². The van der Waals surface area contributed by atoms with E-state index in [0.29, 0.717) is 11.5 Å². The van der Waals surface area contributed by atoms with Crippen molar-refractivity contribution in [3.63, 3.8) is 0 Å². The number of phenols is 2. The summed E-state index contributed by atoms with van der Waals surface area (Å²) >= 11 is 0. The zero-order chi connectivity index (χ0) is 18.0. The van der Waals surface area contributed by atoms with Gasteiger partial charge in [0, 0.05) is 29.2 Å². The zero-order valence-electron chi connectivity index (χ0n) is 13.9. The van der Waals surface area contributed by atoms with E-state index >= 15 is 0 Å². The number of benzene rings is 2. The second kappa shape index (κ2) is 5.27. The van der Waals surface area contributed by atoms with Crippen LogP contribution < -0.4 is 4.74 Å². The molecule has 4 atom stereocenters. The summed E-state index contributed by atoms with van der Waals surface area (Å²) in [6, 6.07) is 9.96. The van der Waals surface area contributed by atoms with E-state index in [1.54, 1.807) is 24.3 Å². The molecule has 2 bridgehead atoms. The lowest BCUT2D eigenvalue weighted by Gasteiger charge is -2.37. The molecule has 2 aliphatic carbocycles. The number of ether oxygens (including phenoxy) is 1. The van der Waals surface area contributed by atoms with Crippen molar-refractivity contribution in [3.8, 4) is 23.0 Å². The molecular weight excluding hydrogens is 332 g/mol. The van der Waals surface area contributed by atoms with E-state index < -0.39 is 11.9 Å². The summed E-state index contributed by atoms with van der Waals surface area (Å²) in [6.45, 7) is 0. The number of phenolic OH excluding ortho intramolecular Hbond substituents is 2. The molecule has 26 heavy (non-hydrogen) atoms. The highest BCUT2D eigenvalue weighted by molar-refractivity contribution is 5.73. The van der Waals surface area contributed by atoms with E-state index in [1.165, 1.54) is 0 Å². The Morgan fingerprint density at radius 2 is 1.50 bits per heavy atom. The summed E-state index contributed by atoms with van der Waals surface area (Å²) in [5.41, 5.74) is 1.77. The number of aliphatic carboxylic acids is 1. The summed E-state index contributed by atoms with van der Waals surface area (Å²) < 4.78 is 5.92. The minimum atomic E-state index is -0.765. The van der Waals surface area contributed by atoms with E-state index in [1.807, 2.05) is 18.2 Å². The van der Waals surface area contributed by atoms with Crippen molar-refractivity contribution in [3.05, 3.63) is 59.7 Å². The van der Waals surface area contributed by atoms with Gasteiger partial charge in [-0.15, -0.1) is 0 Å². The van der Waals surface area contributed by atoms with Crippen molar-refractivity contribution in [2.75, 3.05) is 0 Å². The summed E-state index contributed by atoms with van der Waals surface area (Å²) in [7, 11) is 0. The average molecular weight is 350 g/mol. The lowest BCUT2D eigenvalue weighted by atomic mass is 9.68. The first-order valence-electron chi connectivity index (χ1n) is 8.78. The quantitative estimate of drug-likeness (QED) is 0.716. The molecule has 2 aromatic rings. The Morgan fingerprint density at radius 3 is 2.08 bits per heavy atom. The SMILES string of the molecule is O=C(O)C1C2C=CC(C2)C1C1c2ccc(O)cc2Oc2cc(O)ccc21. The first-order chi connectivity index (χ1) is 12.5. The van der Waals surface area contributed by atoms with Crippen molar-refractivity contribution < 1.29 is 24.9 Å². The van der Waals surface area contributed by atoms with Gasteiger partial charge in [0.15, 0.2) is 0 Å². The Kier molecular flexibility index (Phi) is 3.11. The first kappa shape index (κ1) is 15.3. The molecule has 1 aliphatic heterocycles. The van der Waals surface area contributed by atoms with Crippen LogP contribution in [0, 0.1) is 23.7 Å². The fourth-order valence-electron chi connectivity index (χ4n) is 5.10. The van der Waals surface area contributed by atoms with Gasteiger partial charge in [0.1, 0.15) is 23.0 Å². The molecule has 0 spiro atoms. The topological polar surface area (TPSA) is 87.0 Å². The fraction of sp³-hybridized carbons (Fsp3) is 0.286. The van der Waals surface area contributed by atoms with Crippen LogP contribution >= 0.6 is 0 Å². The zero-order valence-corrected chi connectivity index (χ0v) is 13.9. The lowest BCUT2D eigenvalue weighted by molar-refractivity contribution is -0.144. The molecule has 1 fully saturated rings. The second-order valence-electron chi connectivity index (χ2n) is 7.41. The van der Waals surface area contributed by atoms with Crippen LogP contribution in [-0.2, 0) is 4.79 Å². The van der Waals surface area contributed by atoms with E-state index in [-0.39, 0.29) is 35.2 Å². The lowest BCUT2D eigenvalue weighted by Crippen LogP contribution is -2.33. The van der Waals surface area contributed by atoms with Gasteiger partial charge in [-0.25, -0.2) is 0 Å². The van der Waals surface area contributed by atoms with Crippen LogP contribution in [0.3, 0.4) is 0 Å². The van der Waals surface area contributed by atoms with Crippen LogP contribution in [0.5, 0.6) is 23.0 Å². The van der Waals surface area contributed by atoms with Crippen LogP contribution in [0.2, 0.25) is 0 Å². The number of fused-ring (bicyclic) bond motifs is 4. The molecule has 0 saturated heterocycles. The normalized spacial score (nSPS) is 28.5. The van der Waals surface area contributed by atoms with Crippen LogP contribution in [0.25, 0.3) is 0 Å². The van der Waals surface area contributed by atoms with E-state index in [9.17, 15) is 20.1 Å². The Morgan fingerprint density at radius 1 is 0.923 bits per heavy atom. The molecule has 5 nitrogen and oxygen atoms in total. The van der Waals surface area contributed by atoms with E-state index in [2.05, 4.69) is 6.08 Å². The number of allylic oxidation sites excluding steroid dienone is 2. The third-order valence-electron chi connectivity index (χ3n) is 6.07. The monoisotopic (exact) mass is 350 g/mol. The molecule has 0 aromatic heterocycles. The van der Waals surface area contributed by atoms with Crippen molar-refractivity contribution in [2.45, 2.75) is 12.3 Å². The summed E-state index contributed by atoms with van der Waals surface area (Å²) in [5.74, 6) is 0.0267. The van der Waals surface area contributed by atoms with Crippen LogP contribution in [0.15, 0.2) is 48.6 Å². The third-order valence-corrected chi connectivity index (χ3v) is 6.07. The standard InChI is InChI=1S/C21H18O5/c22-12-3-5-14-16(8-12)26-17-9-13(23)4-6-15(17)20(14)18-10-1-2-11(7-10)19(18)21(24)25/h1-6,8-11,18-20,22-23H,7H2,(H,24,25). The Balaban J connectivity index is 1.71. The fourth-order valence-corrected chi connectivity index (χ4v) is 5.10. The van der Waals surface area contributed by atoms with Crippen molar-refractivity contribution in [1.82, 2.24) is 0 Å². The van der Waals surface area contributed by atoms with Gasteiger partial charge in [0.05, 0.1) is 5.92 Å². The molecule has 3 N–H and O–H groups in total. The number of carboxylic acids is 1. The van der Waals surface area contributed by atoms with Gasteiger partial charge in [-0.3, -0.25) is 4.79 Å².